The highest BCUT2D eigenvalue weighted by Crippen LogP contribution is 2.42. The van der Waals surface area contributed by atoms with Crippen molar-refractivity contribution in [2.24, 2.45) is 5.92 Å². The SMILES string of the molecule is Cc1c(C2=C(c3ccc(CC4CN(CCCF)C4)c(F)c3)c3ccccc3CCC2)ccc(Cl)c1F. The van der Waals surface area contributed by atoms with Gasteiger partial charge in [-0.25, -0.2) is 8.78 Å². The van der Waals surface area contributed by atoms with Gasteiger partial charge in [-0.05, 0) is 102 Å². The van der Waals surface area contributed by atoms with Gasteiger partial charge in [0.05, 0.1) is 11.7 Å². The first-order valence-electron chi connectivity index (χ1n) is 12.8. The zero-order valence-electron chi connectivity index (χ0n) is 20.6. The third kappa shape index (κ3) is 4.99. The summed E-state index contributed by atoms with van der Waals surface area (Å²) in [6.45, 7) is 4.03. The third-order valence-corrected chi connectivity index (χ3v) is 7.91. The molecule has 0 unspecified atom stereocenters. The Balaban J connectivity index is 1.53. The number of halogens is 4. The first kappa shape index (κ1) is 25.1. The van der Waals surface area contributed by atoms with E-state index in [1.54, 1.807) is 19.1 Å². The molecule has 3 aromatic rings. The van der Waals surface area contributed by atoms with Crippen LogP contribution in [0.3, 0.4) is 0 Å². The van der Waals surface area contributed by atoms with E-state index in [4.69, 9.17) is 11.6 Å². The molecule has 1 nitrogen and oxygen atoms in total. The first-order chi connectivity index (χ1) is 17.5. The number of fused-ring (bicyclic) bond motifs is 1. The molecule has 1 aliphatic carbocycles. The second-order valence-corrected chi connectivity index (χ2v) is 10.5. The van der Waals surface area contributed by atoms with E-state index in [-0.39, 0.29) is 17.5 Å². The number of hydrogen-bond acceptors (Lipinski definition) is 1. The van der Waals surface area contributed by atoms with Crippen LogP contribution in [0.5, 0.6) is 0 Å². The van der Waals surface area contributed by atoms with Gasteiger partial charge in [-0.1, -0.05) is 54.1 Å². The number of hydrogen-bond donors (Lipinski definition) is 0. The number of rotatable bonds is 7. The van der Waals surface area contributed by atoms with Gasteiger partial charge in [0.25, 0.3) is 0 Å². The van der Waals surface area contributed by atoms with Crippen molar-refractivity contribution in [3.63, 3.8) is 0 Å². The normalized spacial score (nSPS) is 16.6. The van der Waals surface area contributed by atoms with Crippen molar-refractivity contribution in [1.29, 1.82) is 0 Å². The molecule has 0 aromatic heterocycles. The van der Waals surface area contributed by atoms with Crippen molar-refractivity contribution < 1.29 is 13.2 Å². The summed E-state index contributed by atoms with van der Waals surface area (Å²) in [5.41, 5.74) is 7.18. The van der Waals surface area contributed by atoms with Crippen molar-refractivity contribution in [3.8, 4) is 0 Å². The summed E-state index contributed by atoms with van der Waals surface area (Å²) >= 11 is 6.06. The lowest BCUT2D eigenvalue weighted by Crippen LogP contribution is -2.48. The van der Waals surface area contributed by atoms with E-state index in [1.165, 1.54) is 5.56 Å². The molecule has 0 bridgehead atoms. The molecule has 36 heavy (non-hydrogen) atoms. The van der Waals surface area contributed by atoms with Crippen LogP contribution in [-0.2, 0) is 12.8 Å². The number of allylic oxidation sites excluding steroid dienone is 1. The van der Waals surface area contributed by atoms with E-state index in [1.807, 2.05) is 30.3 Å². The van der Waals surface area contributed by atoms with E-state index >= 15 is 4.39 Å². The van der Waals surface area contributed by atoms with Crippen LogP contribution < -0.4 is 0 Å². The molecule has 3 aromatic carbocycles. The van der Waals surface area contributed by atoms with Crippen molar-refractivity contribution in [2.75, 3.05) is 26.3 Å². The largest absolute Gasteiger partial charge is 0.303 e. The molecule has 5 rings (SSSR count). The summed E-state index contributed by atoms with van der Waals surface area (Å²) in [7, 11) is 0. The second-order valence-electron chi connectivity index (χ2n) is 10.1. The Morgan fingerprint density at radius 2 is 1.78 bits per heavy atom. The summed E-state index contributed by atoms with van der Waals surface area (Å²) in [5.74, 6) is -0.207. The molecule has 0 amide bonds. The van der Waals surface area contributed by atoms with Gasteiger partial charge in [-0.2, -0.15) is 0 Å². The van der Waals surface area contributed by atoms with E-state index in [0.717, 1.165) is 66.7 Å². The maximum atomic E-state index is 15.5. The molecule has 1 fully saturated rings. The maximum absolute atomic E-state index is 15.5. The summed E-state index contributed by atoms with van der Waals surface area (Å²) in [6, 6.07) is 17.3. The third-order valence-electron chi connectivity index (χ3n) is 7.62. The van der Waals surface area contributed by atoms with E-state index in [2.05, 4.69) is 17.0 Å². The molecule has 188 valence electrons. The van der Waals surface area contributed by atoms with Crippen LogP contribution in [0, 0.1) is 24.5 Å². The van der Waals surface area contributed by atoms with Crippen LogP contribution in [0.25, 0.3) is 11.1 Å². The number of benzene rings is 3. The summed E-state index contributed by atoms with van der Waals surface area (Å²) in [6.07, 6.45) is 3.86. The summed E-state index contributed by atoms with van der Waals surface area (Å²) in [4.78, 5) is 2.23. The molecule has 1 heterocycles. The number of aryl methyl sites for hydroxylation is 1. The maximum Gasteiger partial charge on any atom is 0.145 e. The second kappa shape index (κ2) is 10.8. The van der Waals surface area contributed by atoms with Crippen LogP contribution in [0.2, 0.25) is 5.02 Å². The molecule has 0 spiro atoms. The Kier molecular flexibility index (Phi) is 7.55. The Labute approximate surface area is 216 Å². The fourth-order valence-corrected chi connectivity index (χ4v) is 5.96. The van der Waals surface area contributed by atoms with Crippen LogP contribution in [0.15, 0.2) is 54.6 Å². The quantitative estimate of drug-likeness (QED) is 0.311. The lowest BCUT2D eigenvalue weighted by atomic mass is 9.85. The first-order valence-corrected chi connectivity index (χ1v) is 13.2. The average molecular weight is 510 g/mol. The average Bonchev–Trinajstić information content (AvgIpc) is 3.04. The summed E-state index contributed by atoms with van der Waals surface area (Å²) in [5, 5.41) is 0.113. The highest BCUT2D eigenvalue weighted by Gasteiger charge is 2.28. The molecule has 5 heteroatoms. The Morgan fingerprint density at radius 3 is 2.56 bits per heavy atom. The Bertz CT molecular complexity index is 1290. The number of likely N-dealkylation sites (tertiary alicyclic amines) is 1. The van der Waals surface area contributed by atoms with Gasteiger partial charge in [0.2, 0.25) is 0 Å². The molecule has 1 saturated heterocycles. The Morgan fingerprint density at radius 1 is 0.972 bits per heavy atom. The zero-order chi connectivity index (χ0) is 25.2. The van der Waals surface area contributed by atoms with Crippen LogP contribution >= 0.6 is 11.6 Å². The molecular weight excluding hydrogens is 479 g/mol. The smallest absolute Gasteiger partial charge is 0.145 e. The van der Waals surface area contributed by atoms with Gasteiger partial charge in [-0.3, -0.25) is 4.39 Å². The number of nitrogens with zero attached hydrogens (tertiary/aromatic N) is 1. The lowest BCUT2D eigenvalue weighted by molar-refractivity contribution is 0.0962. The topological polar surface area (TPSA) is 3.24 Å². The minimum atomic E-state index is -0.402. The van der Waals surface area contributed by atoms with Gasteiger partial charge < -0.3 is 4.90 Å². The highest BCUT2D eigenvalue weighted by molar-refractivity contribution is 6.30. The van der Waals surface area contributed by atoms with Gasteiger partial charge in [0.15, 0.2) is 0 Å². The lowest BCUT2D eigenvalue weighted by Gasteiger charge is -2.39. The molecule has 0 atom stereocenters. The van der Waals surface area contributed by atoms with E-state index < -0.39 is 5.82 Å². The van der Waals surface area contributed by atoms with Gasteiger partial charge in [-0.15, -0.1) is 0 Å². The fraction of sp³-hybridized carbons (Fsp3) is 0.355. The van der Waals surface area contributed by atoms with Crippen molar-refractivity contribution in [3.05, 3.63) is 105 Å². The molecule has 2 aliphatic rings. The van der Waals surface area contributed by atoms with Crippen molar-refractivity contribution in [1.82, 2.24) is 4.90 Å². The Hall–Kier alpha value is -2.56. The van der Waals surface area contributed by atoms with E-state index in [9.17, 15) is 8.78 Å². The van der Waals surface area contributed by atoms with Crippen LogP contribution in [0.1, 0.15) is 52.6 Å². The van der Waals surface area contributed by atoms with Gasteiger partial charge in [0.1, 0.15) is 11.6 Å². The molecular formula is C31H31ClF3N. The molecule has 1 aliphatic heterocycles. The zero-order valence-corrected chi connectivity index (χ0v) is 21.4. The van der Waals surface area contributed by atoms with Crippen molar-refractivity contribution in [2.45, 2.75) is 39.0 Å². The van der Waals surface area contributed by atoms with E-state index in [0.29, 0.717) is 29.9 Å². The molecule has 0 saturated carbocycles. The van der Waals surface area contributed by atoms with Gasteiger partial charge in [0, 0.05) is 19.6 Å². The standard InChI is InChI=1S/C31H31ClF3N/c1-20-25(12-13-28(32)31(20)35)27-9-4-7-22-6-2-3-8-26(22)30(27)24-11-10-23(29(34)17-24)16-21-18-36(19-21)15-5-14-33/h2-3,6,8,10-13,17,21H,4-5,7,9,14-16,18-19H2,1H3. The predicted molar refractivity (Wildman–Crippen MR) is 142 cm³/mol. The molecule has 0 N–H and O–H groups in total. The fourth-order valence-electron chi connectivity index (χ4n) is 5.75. The predicted octanol–water partition coefficient (Wildman–Crippen LogP) is 8.06. The minimum Gasteiger partial charge on any atom is -0.303 e. The number of alkyl halides is 1. The van der Waals surface area contributed by atoms with Crippen LogP contribution in [-0.4, -0.2) is 31.2 Å². The minimum absolute atomic E-state index is 0.113. The van der Waals surface area contributed by atoms with Crippen LogP contribution in [0.4, 0.5) is 13.2 Å². The van der Waals surface area contributed by atoms with Gasteiger partial charge >= 0.3 is 0 Å². The van der Waals surface area contributed by atoms with Crippen molar-refractivity contribution >= 4 is 22.7 Å². The molecule has 0 radical (unpaired) electrons. The highest BCUT2D eigenvalue weighted by atomic mass is 35.5. The summed E-state index contributed by atoms with van der Waals surface area (Å²) < 4.78 is 42.7. The monoisotopic (exact) mass is 509 g/mol.